The molecule has 0 radical (unpaired) electrons. The number of nitrogens with two attached hydrogens (primary N) is 1. The summed E-state index contributed by atoms with van der Waals surface area (Å²) in [5.74, 6) is -1.90. The van der Waals surface area contributed by atoms with E-state index in [1.807, 2.05) is 0 Å². The Kier molecular flexibility index (Phi) is 10.2. The Balaban J connectivity index is 1.57. The fourth-order valence-corrected chi connectivity index (χ4v) is 11.6. The highest BCUT2D eigenvalue weighted by atomic mass is 32.2. The first-order chi connectivity index (χ1) is 19.6. The Morgan fingerprint density at radius 2 is 1.59 bits per heavy atom. The van der Waals surface area contributed by atoms with Crippen molar-refractivity contribution in [3.63, 3.8) is 0 Å². The third-order valence-corrected chi connectivity index (χ3v) is 13.1. The van der Waals surface area contributed by atoms with Crippen LogP contribution in [0.4, 0.5) is 13.2 Å². The molecule has 3 saturated heterocycles. The summed E-state index contributed by atoms with van der Waals surface area (Å²) < 4.78 is 44.5. The number of halogens is 3. The summed E-state index contributed by atoms with van der Waals surface area (Å²) >= 11 is 1.25. The number of alkyl halides is 3. The number of carboxylic acid groups (broad SMARTS) is 1. The van der Waals surface area contributed by atoms with E-state index in [2.05, 4.69) is 10.2 Å². The van der Waals surface area contributed by atoms with E-state index in [-0.39, 0.29) is 30.8 Å². The molecule has 4 N–H and O–H groups in total. The second kappa shape index (κ2) is 13.3. The molecule has 8 unspecified atom stereocenters. The van der Waals surface area contributed by atoms with E-state index in [0.29, 0.717) is 24.8 Å². The van der Waals surface area contributed by atoms with Gasteiger partial charge in [-0.25, -0.2) is 0 Å². The summed E-state index contributed by atoms with van der Waals surface area (Å²) in [4.78, 5) is 27.3. The molecule has 41 heavy (non-hydrogen) atoms. The first-order valence-electron chi connectivity index (χ1n) is 16.4. The van der Waals surface area contributed by atoms with Gasteiger partial charge in [-0.1, -0.05) is 70.6 Å². The topological polar surface area (TPSA) is 95.7 Å². The van der Waals surface area contributed by atoms with Crippen molar-refractivity contribution in [2.45, 2.75) is 143 Å². The molecule has 2 bridgehead atoms. The second-order valence-corrected chi connectivity index (χ2v) is 15.0. The molecule has 0 aromatic heterocycles. The zero-order valence-corrected chi connectivity index (χ0v) is 25.2. The Labute approximate surface area is 247 Å². The lowest BCUT2D eigenvalue weighted by molar-refractivity contribution is -0.203. The predicted octanol–water partition coefficient (Wildman–Crippen LogP) is 6.12. The zero-order valence-electron chi connectivity index (χ0n) is 24.4. The van der Waals surface area contributed by atoms with Crippen LogP contribution in [0.1, 0.15) is 109 Å². The van der Waals surface area contributed by atoms with E-state index in [9.17, 15) is 27.9 Å². The molecule has 234 valence electrons. The number of fused-ring (bicyclic) bond motifs is 5. The largest absolute Gasteiger partial charge is 0.480 e. The van der Waals surface area contributed by atoms with Crippen LogP contribution < -0.4 is 11.1 Å². The average molecular weight is 602 g/mol. The van der Waals surface area contributed by atoms with E-state index < -0.39 is 40.1 Å². The third-order valence-electron chi connectivity index (χ3n) is 11.4. The maximum Gasteiger partial charge on any atom is 0.392 e. The molecule has 0 aromatic carbocycles. The van der Waals surface area contributed by atoms with Crippen LogP contribution in [0.5, 0.6) is 0 Å². The van der Waals surface area contributed by atoms with Gasteiger partial charge in [0.2, 0.25) is 5.91 Å². The van der Waals surface area contributed by atoms with Gasteiger partial charge in [-0.15, -0.1) is 11.8 Å². The summed E-state index contributed by atoms with van der Waals surface area (Å²) in [6, 6.07) is -0.963. The number of nitrogens with one attached hydrogen (secondary N) is 1. The van der Waals surface area contributed by atoms with Gasteiger partial charge in [0.05, 0.1) is 11.2 Å². The number of piperidine rings is 1. The van der Waals surface area contributed by atoms with Gasteiger partial charge in [-0.2, -0.15) is 13.2 Å². The van der Waals surface area contributed by atoms with Crippen LogP contribution in [0, 0.1) is 23.7 Å². The maximum atomic E-state index is 14.8. The summed E-state index contributed by atoms with van der Waals surface area (Å²) in [7, 11) is 0. The number of hydrogen-bond donors (Lipinski definition) is 3. The Bertz CT molecular complexity index is 923. The lowest BCUT2D eigenvalue weighted by Gasteiger charge is -2.58. The van der Waals surface area contributed by atoms with Gasteiger partial charge in [0.15, 0.2) is 0 Å². The number of hydrogen-bond acceptors (Lipinski definition) is 5. The molecule has 3 heterocycles. The predicted molar refractivity (Wildman–Crippen MR) is 156 cm³/mol. The second-order valence-electron chi connectivity index (χ2n) is 13.7. The highest BCUT2D eigenvalue weighted by molar-refractivity contribution is 8.01. The number of nitrogens with zero attached hydrogens (tertiary/aromatic N) is 1. The summed E-state index contributed by atoms with van der Waals surface area (Å²) in [5, 5.41) is 10.6. The number of carbonyl (C=O) groups excluding carboxylic acids is 1. The molecule has 5 rings (SSSR count). The van der Waals surface area contributed by atoms with Crippen molar-refractivity contribution in [1.82, 2.24) is 10.2 Å². The summed E-state index contributed by atoms with van der Waals surface area (Å²) in [5.41, 5.74) is 4.99. The van der Waals surface area contributed by atoms with Crippen LogP contribution in [0.15, 0.2) is 0 Å². The van der Waals surface area contributed by atoms with Gasteiger partial charge in [-0.05, 0) is 62.8 Å². The minimum Gasteiger partial charge on any atom is -0.480 e. The quantitative estimate of drug-likeness (QED) is 0.359. The molecular weight excluding hydrogens is 551 g/mol. The van der Waals surface area contributed by atoms with Crippen LogP contribution in [0.2, 0.25) is 0 Å². The Hall–Kier alpha value is -1.00. The molecule has 9 atom stereocenters. The molecule has 1 spiro atoms. The third kappa shape index (κ3) is 6.59. The normalized spacial score (nSPS) is 39.9. The SMILES string of the molecule is N[C@H](CNC(=O)C1CC23C4CCCCCCCC4C4CCCCCCCC(C4)N2CCC(C(F)(F)F)C3S1)C(=O)O. The minimum absolute atomic E-state index is 0.0969. The summed E-state index contributed by atoms with van der Waals surface area (Å²) in [6.07, 6.45) is 13.3. The molecule has 2 saturated carbocycles. The fraction of sp³-hybridized carbons (Fsp3) is 0.935. The standard InChI is InChI=1S/C31H50F3N3O3S/c32-31(33,34)24-15-16-37-21-12-8-4-1-3-7-11-20(17-21)22-13-9-5-2-6-10-14-23(22)30(37)18-26(41-27(24)30)28(38)36-19-25(35)29(39)40/h20-27H,1-19,35H2,(H,36,38)(H,39,40)/t20?,21?,22?,23?,24?,25-,26?,27?,30?/m1/s1. The molecule has 5 fully saturated rings. The van der Waals surface area contributed by atoms with Gasteiger partial charge in [0.25, 0.3) is 0 Å². The zero-order chi connectivity index (χ0) is 29.2. The first kappa shape index (κ1) is 31.4. The van der Waals surface area contributed by atoms with Gasteiger partial charge >= 0.3 is 12.1 Å². The van der Waals surface area contributed by atoms with Crippen LogP contribution >= 0.6 is 11.8 Å². The van der Waals surface area contributed by atoms with Crippen molar-refractivity contribution in [2.24, 2.45) is 29.4 Å². The highest BCUT2D eigenvalue weighted by Gasteiger charge is 2.68. The van der Waals surface area contributed by atoms with Crippen molar-refractivity contribution in [3.05, 3.63) is 0 Å². The number of rotatable bonds is 4. The molecule has 1 amide bonds. The number of carboxylic acids is 1. The van der Waals surface area contributed by atoms with Crippen molar-refractivity contribution < 1.29 is 27.9 Å². The lowest BCUT2D eigenvalue weighted by atomic mass is 9.61. The van der Waals surface area contributed by atoms with Crippen molar-refractivity contribution in [2.75, 3.05) is 13.1 Å². The smallest absolute Gasteiger partial charge is 0.392 e. The Morgan fingerprint density at radius 3 is 2.27 bits per heavy atom. The molecular formula is C31H50F3N3O3S. The number of aliphatic carboxylic acids is 1. The van der Waals surface area contributed by atoms with Gasteiger partial charge in [0, 0.05) is 23.4 Å². The van der Waals surface area contributed by atoms with E-state index in [1.165, 1.54) is 56.7 Å². The number of carbonyl (C=O) groups is 2. The maximum absolute atomic E-state index is 14.8. The van der Waals surface area contributed by atoms with Crippen molar-refractivity contribution >= 4 is 23.6 Å². The minimum atomic E-state index is -4.31. The highest BCUT2D eigenvalue weighted by Crippen LogP contribution is 2.63. The monoisotopic (exact) mass is 601 g/mol. The van der Waals surface area contributed by atoms with Crippen molar-refractivity contribution in [1.29, 1.82) is 0 Å². The van der Waals surface area contributed by atoms with Gasteiger partial charge in [0.1, 0.15) is 6.04 Å². The average Bonchev–Trinajstić information content (AvgIpc) is 3.35. The van der Waals surface area contributed by atoms with Crippen molar-refractivity contribution in [3.8, 4) is 0 Å². The molecule has 6 nitrogen and oxygen atoms in total. The molecule has 2 aliphatic carbocycles. The van der Waals surface area contributed by atoms with Crippen LogP contribution in [0.25, 0.3) is 0 Å². The molecule has 10 heteroatoms. The summed E-state index contributed by atoms with van der Waals surface area (Å²) in [6.45, 7) is 0.242. The molecule has 3 aliphatic heterocycles. The first-order valence-corrected chi connectivity index (χ1v) is 17.3. The lowest BCUT2D eigenvalue weighted by Crippen LogP contribution is -2.67. The van der Waals surface area contributed by atoms with Gasteiger partial charge < -0.3 is 16.2 Å². The van der Waals surface area contributed by atoms with Crippen LogP contribution in [-0.2, 0) is 9.59 Å². The molecule has 0 aromatic rings. The van der Waals surface area contributed by atoms with E-state index in [0.717, 1.165) is 51.4 Å². The Morgan fingerprint density at radius 1 is 0.951 bits per heavy atom. The van der Waals surface area contributed by atoms with E-state index >= 15 is 0 Å². The van der Waals surface area contributed by atoms with Gasteiger partial charge in [-0.3, -0.25) is 14.5 Å². The van der Waals surface area contributed by atoms with E-state index in [1.54, 1.807) is 0 Å². The number of thioether (sulfide) groups is 1. The number of amides is 1. The van der Waals surface area contributed by atoms with Crippen LogP contribution in [-0.4, -0.2) is 69.3 Å². The van der Waals surface area contributed by atoms with E-state index in [4.69, 9.17) is 5.73 Å². The van der Waals surface area contributed by atoms with Crippen LogP contribution in [0.3, 0.4) is 0 Å². The fourth-order valence-electron chi connectivity index (χ4n) is 9.57. The molecule has 5 aliphatic rings.